The highest BCUT2D eigenvalue weighted by molar-refractivity contribution is 5.98. The number of fused-ring (bicyclic) bond motifs is 2. The minimum absolute atomic E-state index is 0.107. The molecule has 0 spiro atoms. The summed E-state index contributed by atoms with van der Waals surface area (Å²) in [6, 6.07) is 0.264. The molecule has 0 bridgehead atoms. The SMILES string of the molecule is CCc1nn(C)c2c1NC(=O)C1CCCCC1N2. The minimum atomic E-state index is 0.107. The van der Waals surface area contributed by atoms with Crippen LogP contribution in [-0.4, -0.2) is 21.7 Å². The number of nitrogens with zero attached hydrogens (tertiary/aromatic N) is 2. The van der Waals surface area contributed by atoms with Crippen molar-refractivity contribution in [2.45, 2.75) is 45.1 Å². The van der Waals surface area contributed by atoms with Gasteiger partial charge in [-0.2, -0.15) is 5.10 Å². The van der Waals surface area contributed by atoms with Crippen LogP contribution in [0.15, 0.2) is 0 Å². The number of hydrogen-bond acceptors (Lipinski definition) is 3. The summed E-state index contributed by atoms with van der Waals surface area (Å²) < 4.78 is 1.85. The van der Waals surface area contributed by atoms with E-state index < -0.39 is 0 Å². The van der Waals surface area contributed by atoms with Crippen molar-refractivity contribution >= 4 is 17.4 Å². The van der Waals surface area contributed by atoms with Gasteiger partial charge in [-0.25, -0.2) is 0 Å². The Hall–Kier alpha value is -1.52. The van der Waals surface area contributed by atoms with Crippen LogP contribution >= 0.6 is 0 Å². The Morgan fingerprint density at radius 2 is 2.17 bits per heavy atom. The number of anilines is 2. The average molecular weight is 248 g/mol. The van der Waals surface area contributed by atoms with E-state index in [4.69, 9.17) is 0 Å². The molecular formula is C13H20N4O. The Kier molecular flexibility index (Phi) is 2.76. The third-order valence-electron chi connectivity index (χ3n) is 4.13. The molecule has 1 aromatic heterocycles. The molecule has 18 heavy (non-hydrogen) atoms. The zero-order valence-corrected chi connectivity index (χ0v) is 11.0. The Morgan fingerprint density at radius 3 is 2.94 bits per heavy atom. The van der Waals surface area contributed by atoms with Gasteiger partial charge < -0.3 is 10.6 Å². The fourth-order valence-corrected chi connectivity index (χ4v) is 3.13. The summed E-state index contributed by atoms with van der Waals surface area (Å²) in [6.45, 7) is 2.06. The number of amides is 1. The van der Waals surface area contributed by atoms with Crippen LogP contribution in [0.2, 0.25) is 0 Å². The number of aryl methyl sites for hydroxylation is 2. The van der Waals surface area contributed by atoms with E-state index in [0.29, 0.717) is 0 Å². The summed E-state index contributed by atoms with van der Waals surface area (Å²) in [4.78, 5) is 12.3. The average Bonchev–Trinajstić information content (AvgIpc) is 2.58. The first-order chi connectivity index (χ1) is 8.70. The summed E-state index contributed by atoms with van der Waals surface area (Å²) in [5.41, 5.74) is 1.85. The van der Waals surface area contributed by atoms with Gasteiger partial charge in [-0.05, 0) is 19.3 Å². The van der Waals surface area contributed by atoms with E-state index in [-0.39, 0.29) is 17.9 Å². The topological polar surface area (TPSA) is 59.0 Å². The molecule has 1 aromatic rings. The predicted octanol–water partition coefficient (Wildman–Crippen LogP) is 1.91. The zero-order chi connectivity index (χ0) is 12.7. The Balaban J connectivity index is 2.01. The first-order valence-corrected chi connectivity index (χ1v) is 6.84. The molecule has 1 aliphatic heterocycles. The quantitative estimate of drug-likeness (QED) is 0.798. The number of hydrogen-bond donors (Lipinski definition) is 2. The lowest BCUT2D eigenvalue weighted by molar-refractivity contribution is -0.120. The molecular weight excluding hydrogens is 228 g/mol. The lowest BCUT2D eigenvalue weighted by Gasteiger charge is -2.29. The molecule has 1 fully saturated rings. The second kappa shape index (κ2) is 4.30. The summed E-state index contributed by atoms with van der Waals surface area (Å²) >= 11 is 0. The molecule has 5 heteroatoms. The van der Waals surface area contributed by atoms with E-state index in [2.05, 4.69) is 22.7 Å². The maximum Gasteiger partial charge on any atom is 0.229 e. The van der Waals surface area contributed by atoms with Crippen molar-refractivity contribution in [1.82, 2.24) is 9.78 Å². The molecule has 2 unspecified atom stereocenters. The first-order valence-electron chi connectivity index (χ1n) is 6.84. The van der Waals surface area contributed by atoms with E-state index in [1.54, 1.807) is 0 Å². The normalized spacial score (nSPS) is 26.7. The predicted molar refractivity (Wildman–Crippen MR) is 70.6 cm³/mol. The Morgan fingerprint density at radius 1 is 1.39 bits per heavy atom. The summed E-state index contributed by atoms with van der Waals surface area (Å²) in [6.07, 6.45) is 5.26. The maximum absolute atomic E-state index is 12.3. The van der Waals surface area contributed by atoms with Crippen molar-refractivity contribution < 1.29 is 4.79 Å². The van der Waals surface area contributed by atoms with Crippen LogP contribution in [-0.2, 0) is 18.3 Å². The van der Waals surface area contributed by atoms with E-state index in [0.717, 1.165) is 42.9 Å². The lowest BCUT2D eigenvalue weighted by Crippen LogP contribution is -2.38. The van der Waals surface area contributed by atoms with Crippen molar-refractivity contribution in [3.05, 3.63) is 5.69 Å². The van der Waals surface area contributed by atoms with Gasteiger partial charge in [-0.15, -0.1) is 0 Å². The van der Waals surface area contributed by atoms with Gasteiger partial charge in [0.25, 0.3) is 0 Å². The molecule has 98 valence electrons. The van der Waals surface area contributed by atoms with Crippen LogP contribution < -0.4 is 10.6 Å². The van der Waals surface area contributed by atoms with Crippen molar-refractivity contribution in [3.8, 4) is 0 Å². The summed E-state index contributed by atoms with van der Waals surface area (Å²) in [5, 5.41) is 11.1. The van der Waals surface area contributed by atoms with Crippen LogP contribution in [0.1, 0.15) is 38.3 Å². The molecule has 2 atom stereocenters. The fraction of sp³-hybridized carbons (Fsp3) is 0.692. The van der Waals surface area contributed by atoms with E-state index in [1.807, 2.05) is 11.7 Å². The smallest absolute Gasteiger partial charge is 0.229 e. The van der Waals surface area contributed by atoms with Gasteiger partial charge in [-0.3, -0.25) is 9.48 Å². The van der Waals surface area contributed by atoms with Crippen LogP contribution in [0.25, 0.3) is 0 Å². The van der Waals surface area contributed by atoms with Crippen molar-refractivity contribution in [3.63, 3.8) is 0 Å². The lowest BCUT2D eigenvalue weighted by atomic mass is 9.84. The largest absolute Gasteiger partial charge is 0.365 e. The molecule has 0 aromatic carbocycles. The van der Waals surface area contributed by atoms with E-state index in [9.17, 15) is 4.79 Å². The van der Waals surface area contributed by atoms with E-state index in [1.165, 1.54) is 6.42 Å². The van der Waals surface area contributed by atoms with Gasteiger partial charge in [0.05, 0.1) is 11.6 Å². The van der Waals surface area contributed by atoms with Gasteiger partial charge in [0.1, 0.15) is 11.5 Å². The fourth-order valence-electron chi connectivity index (χ4n) is 3.13. The van der Waals surface area contributed by atoms with Gasteiger partial charge in [0.2, 0.25) is 5.91 Å². The van der Waals surface area contributed by atoms with Crippen molar-refractivity contribution in [2.75, 3.05) is 10.6 Å². The van der Waals surface area contributed by atoms with Crippen LogP contribution in [0.4, 0.5) is 11.5 Å². The van der Waals surface area contributed by atoms with Gasteiger partial charge >= 0.3 is 0 Å². The zero-order valence-electron chi connectivity index (χ0n) is 11.0. The number of carbonyl (C=O) groups is 1. The summed E-state index contributed by atoms with van der Waals surface area (Å²) in [5.74, 6) is 1.24. The monoisotopic (exact) mass is 248 g/mol. The van der Waals surface area contributed by atoms with Gasteiger partial charge in [0.15, 0.2) is 0 Å². The number of carbonyl (C=O) groups excluding carboxylic acids is 1. The maximum atomic E-state index is 12.3. The molecule has 3 rings (SSSR count). The molecule has 5 nitrogen and oxygen atoms in total. The molecule has 2 heterocycles. The van der Waals surface area contributed by atoms with Crippen LogP contribution in [0.5, 0.6) is 0 Å². The molecule has 0 radical (unpaired) electrons. The van der Waals surface area contributed by atoms with E-state index >= 15 is 0 Å². The number of nitrogens with one attached hydrogen (secondary N) is 2. The molecule has 2 N–H and O–H groups in total. The van der Waals surface area contributed by atoms with Crippen molar-refractivity contribution in [2.24, 2.45) is 13.0 Å². The molecule has 2 aliphatic rings. The molecule has 1 saturated carbocycles. The standard InChI is InChI=1S/C13H20N4O/c1-3-9-11-12(17(2)16-9)14-10-7-5-4-6-8(10)13(18)15-11/h8,10,14H,3-7H2,1-2H3,(H,15,18). The molecule has 0 saturated heterocycles. The second-order valence-electron chi connectivity index (χ2n) is 5.28. The van der Waals surface area contributed by atoms with Crippen molar-refractivity contribution in [1.29, 1.82) is 0 Å². The highest BCUT2D eigenvalue weighted by Crippen LogP contribution is 2.36. The third kappa shape index (κ3) is 1.69. The minimum Gasteiger partial charge on any atom is -0.365 e. The number of rotatable bonds is 1. The Labute approximate surface area is 107 Å². The first kappa shape index (κ1) is 11.6. The van der Waals surface area contributed by atoms with Gasteiger partial charge in [0, 0.05) is 13.1 Å². The van der Waals surface area contributed by atoms with Gasteiger partial charge in [-0.1, -0.05) is 19.8 Å². The third-order valence-corrected chi connectivity index (χ3v) is 4.13. The van der Waals surface area contributed by atoms with Crippen LogP contribution in [0, 0.1) is 5.92 Å². The Bertz CT molecular complexity index is 480. The molecule has 1 aliphatic carbocycles. The highest BCUT2D eigenvalue weighted by Gasteiger charge is 2.36. The second-order valence-corrected chi connectivity index (χ2v) is 5.28. The summed E-state index contributed by atoms with van der Waals surface area (Å²) in [7, 11) is 1.93. The molecule has 1 amide bonds. The number of aromatic nitrogens is 2. The van der Waals surface area contributed by atoms with Crippen LogP contribution in [0.3, 0.4) is 0 Å². The highest BCUT2D eigenvalue weighted by atomic mass is 16.2.